The molecule has 1 N–H and O–H groups in total. The molecule has 0 aliphatic carbocycles. The highest BCUT2D eigenvalue weighted by Crippen LogP contribution is 2.36. The highest BCUT2D eigenvalue weighted by Gasteiger charge is 2.31. The monoisotopic (exact) mass is 375 g/mol. The summed E-state index contributed by atoms with van der Waals surface area (Å²) in [5.41, 5.74) is -0.102. The molecule has 0 radical (unpaired) electrons. The van der Waals surface area contributed by atoms with Crippen LogP contribution in [-0.4, -0.2) is 23.3 Å². The maximum Gasteiger partial charge on any atom is 0.417 e. The number of benzene rings is 1. The molecule has 0 unspecified atom stereocenters. The molecule has 1 aromatic carbocycles. The molecule has 0 aliphatic heterocycles. The third-order valence-electron chi connectivity index (χ3n) is 3.26. The molecule has 2 aromatic rings. The van der Waals surface area contributed by atoms with Crippen LogP contribution in [0.5, 0.6) is 17.4 Å². The van der Waals surface area contributed by atoms with Gasteiger partial charge in [-0.05, 0) is 24.1 Å². The van der Waals surface area contributed by atoms with Crippen molar-refractivity contribution in [1.82, 2.24) is 4.98 Å². The van der Waals surface area contributed by atoms with E-state index in [0.717, 1.165) is 18.1 Å². The molecule has 4 nitrogen and oxygen atoms in total. The lowest BCUT2D eigenvalue weighted by molar-refractivity contribution is -0.137. The van der Waals surface area contributed by atoms with Gasteiger partial charge in [0.05, 0.1) is 12.2 Å². The summed E-state index contributed by atoms with van der Waals surface area (Å²) in [5.74, 6) is 0.740. The van der Waals surface area contributed by atoms with Crippen molar-refractivity contribution < 1.29 is 27.8 Å². The van der Waals surface area contributed by atoms with Gasteiger partial charge < -0.3 is 14.6 Å². The van der Waals surface area contributed by atoms with Gasteiger partial charge in [0.25, 0.3) is 0 Å². The van der Waals surface area contributed by atoms with E-state index in [0.29, 0.717) is 24.1 Å². The first-order valence-corrected chi connectivity index (χ1v) is 8.00. The first-order chi connectivity index (χ1) is 11.8. The third-order valence-corrected chi connectivity index (χ3v) is 3.53. The van der Waals surface area contributed by atoms with Crippen molar-refractivity contribution in [3.63, 3.8) is 0 Å². The van der Waals surface area contributed by atoms with Crippen LogP contribution in [0.4, 0.5) is 13.2 Å². The summed E-state index contributed by atoms with van der Waals surface area (Å²) >= 11 is 5.89. The fourth-order valence-electron chi connectivity index (χ4n) is 2.12. The molecule has 0 spiro atoms. The average Bonchev–Trinajstić information content (AvgIpc) is 2.56. The minimum Gasteiger partial charge on any atom is -0.491 e. The SMILES string of the molecule is CCCc1ccc(OCCO)cc1Oc1ncc(C(F)(F)F)cc1Cl. The van der Waals surface area contributed by atoms with Gasteiger partial charge in [-0.1, -0.05) is 31.0 Å². The van der Waals surface area contributed by atoms with Crippen LogP contribution in [0.1, 0.15) is 24.5 Å². The summed E-state index contributed by atoms with van der Waals surface area (Å²) in [6.07, 6.45) is -2.30. The van der Waals surface area contributed by atoms with E-state index in [1.807, 2.05) is 6.92 Å². The van der Waals surface area contributed by atoms with E-state index in [-0.39, 0.29) is 24.1 Å². The van der Waals surface area contributed by atoms with E-state index < -0.39 is 11.7 Å². The molecule has 8 heteroatoms. The van der Waals surface area contributed by atoms with Crippen molar-refractivity contribution in [2.45, 2.75) is 25.9 Å². The number of hydrogen-bond acceptors (Lipinski definition) is 4. The number of aryl methyl sites for hydroxylation is 1. The van der Waals surface area contributed by atoms with Crippen molar-refractivity contribution in [3.05, 3.63) is 46.6 Å². The second-order valence-electron chi connectivity index (χ2n) is 5.20. The van der Waals surface area contributed by atoms with Crippen LogP contribution in [0.15, 0.2) is 30.5 Å². The normalized spacial score (nSPS) is 11.4. The van der Waals surface area contributed by atoms with Gasteiger partial charge in [0, 0.05) is 12.3 Å². The van der Waals surface area contributed by atoms with Crippen LogP contribution in [0.3, 0.4) is 0 Å². The van der Waals surface area contributed by atoms with Gasteiger partial charge >= 0.3 is 6.18 Å². The lowest BCUT2D eigenvalue weighted by Gasteiger charge is -2.14. The molecule has 25 heavy (non-hydrogen) atoms. The zero-order valence-corrected chi connectivity index (χ0v) is 14.2. The van der Waals surface area contributed by atoms with Crippen LogP contribution in [-0.2, 0) is 12.6 Å². The number of nitrogens with zero attached hydrogens (tertiary/aromatic N) is 1. The highest BCUT2D eigenvalue weighted by atomic mass is 35.5. The Labute approximate surface area is 148 Å². The molecule has 1 aromatic heterocycles. The fraction of sp³-hybridized carbons (Fsp3) is 0.353. The number of aromatic nitrogens is 1. The Hall–Kier alpha value is -1.99. The molecular formula is C17H17ClF3NO3. The molecule has 136 valence electrons. The Balaban J connectivity index is 2.31. The second-order valence-corrected chi connectivity index (χ2v) is 5.61. The zero-order chi connectivity index (χ0) is 18.4. The quantitative estimate of drug-likeness (QED) is 0.750. The lowest BCUT2D eigenvalue weighted by Crippen LogP contribution is -2.06. The van der Waals surface area contributed by atoms with E-state index in [1.54, 1.807) is 18.2 Å². The number of rotatable bonds is 7. The summed E-state index contributed by atoms with van der Waals surface area (Å²) in [7, 11) is 0. The highest BCUT2D eigenvalue weighted by molar-refractivity contribution is 6.31. The van der Waals surface area contributed by atoms with Crippen LogP contribution in [0.2, 0.25) is 5.02 Å². The largest absolute Gasteiger partial charge is 0.491 e. The molecular weight excluding hydrogens is 359 g/mol. The molecule has 0 amide bonds. The van der Waals surface area contributed by atoms with E-state index in [2.05, 4.69) is 4.98 Å². The number of aliphatic hydroxyl groups is 1. The Morgan fingerprint density at radius 2 is 2.00 bits per heavy atom. The third kappa shape index (κ3) is 5.24. The molecule has 0 saturated heterocycles. The van der Waals surface area contributed by atoms with Gasteiger partial charge in [-0.2, -0.15) is 13.2 Å². The van der Waals surface area contributed by atoms with Gasteiger partial charge in [-0.3, -0.25) is 0 Å². The Morgan fingerprint density at radius 1 is 1.24 bits per heavy atom. The minimum atomic E-state index is -4.53. The van der Waals surface area contributed by atoms with E-state index in [9.17, 15) is 13.2 Å². The lowest BCUT2D eigenvalue weighted by atomic mass is 10.1. The topological polar surface area (TPSA) is 51.6 Å². The van der Waals surface area contributed by atoms with Crippen molar-refractivity contribution in [2.75, 3.05) is 13.2 Å². The van der Waals surface area contributed by atoms with E-state index >= 15 is 0 Å². The van der Waals surface area contributed by atoms with Crippen molar-refractivity contribution in [1.29, 1.82) is 0 Å². The summed E-state index contributed by atoms with van der Waals surface area (Å²) < 4.78 is 49.0. The Morgan fingerprint density at radius 3 is 2.60 bits per heavy atom. The van der Waals surface area contributed by atoms with Crippen LogP contribution in [0, 0.1) is 0 Å². The van der Waals surface area contributed by atoms with Gasteiger partial charge in [0.15, 0.2) is 0 Å². The van der Waals surface area contributed by atoms with E-state index in [1.165, 1.54) is 0 Å². The standard InChI is InChI=1S/C17H17ClF3NO3/c1-2-3-11-4-5-13(24-7-6-23)9-15(11)25-16-14(18)8-12(10-22-16)17(19,20)21/h4-5,8-10,23H,2-3,6-7H2,1H3. The van der Waals surface area contributed by atoms with E-state index in [4.69, 9.17) is 26.2 Å². The number of alkyl halides is 3. The van der Waals surface area contributed by atoms with Crippen molar-refractivity contribution >= 4 is 11.6 Å². The summed E-state index contributed by atoms with van der Waals surface area (Å²) in [4.78, 5) is 3.68. The van der Waals surface area contributed by atoms with Gasteiger partial charge in [0.2, 0.25) is 5.88 Å². The number of hydrogen-bond donors (Lipinski definition) is 1. The predicted molar refractivity (Wildman–Crippen MR) is 87.3 cm³/mol. The summed E-state index contributed by atoms with van der Waals surface area (Å²) in [5, 5.41) is 8.59. The van der Waals surface area contributed by atoms with Crippen LogP contribution < -0.4 is 9.47 Å². The zero-order valence-electron chi connectivity index (χ0n) is 13.4. The van der Waals surface area contributed by atoms with Crippen LogP contribution in [0.25, 0.3) is 0 Å². The first kappa shape index (κ1) is 19.3. The fourth-order valence-corrected chi connectivity index (χ4v) is 2.32. The van der Waals surface area contributed by atoms with Crippen molar-refractivity contribution in [2.24, 2.45) is 0 Å². The number of aliphatic hydroxyl groups excluding tert-OH is 1. The maximum atomic E-state index is 12.7. The molecule has 0 fully saturated rings. The van der Waals surface area contributed by atoms with Gasteiger partial charge in [-0.15, -0.1) is 0 Å². The first-order valence-electron chi connectivity index (χ1n) is 7.62. The Bertz CT molecular complexity index is 723. The van der Waals surface area contributed by atoms with Gasteiger partial charge in [0.1, 0.15) is 23.1 Å². The maximum absolute atomic E-state index is 12.7. The second kappa shape index (κ2) is 8.40. The molecule has 1 heterocycles. The number of pyridine rings is 1. The van der Waals surface area contributed by atoms with Crippen LogP contribution >= 0.6 is 11.6 Å². The smallest absolute Gasteiger partial charge is 0.417 e. The predicted octanol–water partition coefficient (Wildman–Crippen LogP) is 4.87. The molecule has 2 rings (SSSR count). The minimum absolute atomic E-state index is 0.117. The summed E-state index contributed by atoms with van der Waals surface area (Å²) in [6.45, 7) is 1.97. The average molecular weight is 376 g/mol. The number of ether oxygens (including phenoxy) is 2. The summed E-state index contributed by atoms with van der Waals surface area (Å²) in [6, 6.07) is 5.89. The number of halogens is 4. The Kier molecular flexibility index (Phi) is 6.50. The van der Waals surface area contributed by atoms with Gasteiger partial charge in [-0.25, -0.2) is 4.98 Å². The molecule has 0 saturated carbocycles. The molecule has 0 bridgehead atoms. The van der Waals surface area contributed by atoms with Crippen molar-refractivity contribution in [3.8, 4) is 17.4 Å². The molecule has 0 atom stereocenters. The molecule has 0 aliphatic rings.